The first-order valence-corrected chi connectivity index (χ1v) is 14.3. The van der Waals surface area contributed by atoms with Crippen LogP contribution in [0.15, 0.2) is 53.7 Å². The van der Waals surface area contributed by atoms with Crippen LogP contribution in [0.25, 0.3) is 43.8 Å². The maximum Gasteiger partial charge on any atom is 0.407 e. The third-order valence-electron chi connectivity index (χ3n) is 8.35. The molecule has 5 heterocycles. The summed E-state index contributed by atoms with van der Waals surface area (Å²) in [6.45, 7) is 2.61. The standard InChI is InChI=1S/C30H27FN4O4S/c1-15-8-21-28(35(15)27-17-10-23(27)34(13-17)30(36)37)22-12-32-25(24(31)26(22)33-29(21)40-3)20-11-18(39-14-38-2)9-16-6-4-5-7-19(16)20/h4-9,11-12,17,23,27H,10,13-14H2,1-3H3,(H,36,37). The molecule has 3 unspecified atom stereocenters. The third kappa shape index (κ3) is 3.59. The third-order valence-corrected chi connectivity index (χ3v) is 9.04. The lowest BCUT2D eigenvalue weighted by Crippen LogP contribution is -2.42. The molecule has 3 atom stereocenters. The Morgan fingerprint density at radius 1 is 1.20 bits per heavy atom. The molecule has 1 N–H and O–H groups in total. The Balaban J connectivity index is 1.46. The molecular weight excluding hydrogens is 531 g/mol. The SMILES string of the molecule is COCOc1cc(-c2ncc3c(nc(SC)c4cc(C)n(C5C6CC5N(C(=O)O)C6)c43)c2F)c2ccccc2c1. The minimum atomic E-state index is -0.887. The van der Waals surface area contributed by atoms with Crippen LogP contribution in [-0.4, -0.2) is 63.4 Å². The molecule has 0 spiro atoms. The van der Waals surface area contributed by atoms with Gasteiger partial charge in [0.15, 0.2) is 12.6 Å². The van der Waals surface area contributed by atoms with Gasteiger partial charge < -0.3 is 24.0 Å². The van der Waals surface area contributed by atoms with Crippen molar-refractivity contribution >= 4 is 50.4 Å². The van der Waals surface area contributed by atoms with Crippen LogP contribution in [0, 0.1) is 18.7 Å². The molecule has 204 valence electrons. The summed E-state index contributed by atoms with van der Waals surface area (Å²) in [6.07, 6.45) is 3.60. The van der Waals surface area contributed by atoms with E-state index in [0.717, 1.165) is 38.8 Å². The number of rotatable bonds is 6. The second-order valence-electron chi connectivity index (χ2n) is 10.5. The number of benzene rings is 2. The van der Waals surface area contributed by atoms with E-state index in [0.29, 0.717) is 23.2 Å². The number of methoxy groups -OCH3 is 1. The highest BCUT2D eigenvalue weighted by Crippen LogP contribution is 2.52. The highest BCUT2D eigenvalue weighted by Gasteiger charge is 2.55. The van der Waals surface area contributed by atoms with Crippen LogP contribution in [0.1, 0.15) is 18.2 Å². The number of halogens is 1. The number of aromatic nitrogens is 3. The Morgan fingerprint density at radius 2 is 2.02 bits per heavy atom. The normalized spacial score (nSPS) is 20.0. The summed E-state index contributed by atoms with van der Waals surface area (Å²) in [7, 11) is 1.55. The van der Waals surface area contributed by atoms with Crippen LogP contribution in [-0.2, 0) is 4.74 Å². The maximum atomic E-state index is 16.6. The molecule has 10 heteroatoms. The van der Waals surface area contributed by atoms with Gasteiger partial charge in [-0.15, -0.1) is 11.8 Å². The van der Waals surface area contributed by atoms with E-state index in [1.807, 2.05) is 43.5 Å². The van der Waals surface area contributed by atoms with Gasteiger partial charge in [0.05, 0.1) is 17.6 Å². The minimum absolute atomic E-state index is 0.00945. The summed E-state index contributed by atoms with van der Waals surface area (Å²) < 4.78 is 29.6. The number of thioether (sulfide) groups is 1. The van der Waals surface area contributed by atoms with Gasteiger partial charge in [0.2, 0.25) is 0 Å². The second kappa shape index (κ2) is 9.35. The van der Waals surface area contributed by atoms with Gasteiger partial charge in [-0.05, 0) is 48.6 Å². The number of nitrogens with zero attached hydrogens (tertiary/aromatic N) is 4. The van der Waals surface area contributed by atoms with Gasteiger partial charge in [-0.2, -0.15) is 0 Å². The number of amides is 1. The summed E-state index contributed by atoms with van der Waals surface area (Å²) in [6, 6.07) is 13.4. The van der Waals surface area contributed by atoms with E-state index < -0.39 is 11.9 Å². The van der Waals surface area contributed by atoms with Crippen molar-refractivity contribution in [2.45, 2.75) is 30.5 Å². The van der Waals surface area contributed by atoms with Crippen LogP contribution < -0.4 is 4.74 Å². The van der Waals surface area contributed by atoms with Crippen LogP contribution in [0.5, 0.6) is 5.75 Å². The average Bonchev–Trinajstić information content (AvgIpc) is 3.64. The number of pyridine rings is 2. The predicted molar refractivity (Wildman–Crippen MR) is 153 cm³/mol. The molecule has 2 bridgehead atoms. The first-order valence-electron chi connectivity index (χ1n) is 13.1. The van der Waals surface area contributed by atoms with Gasteiger partial charge in [0, 0.05) is 47.8 Å². The molecule has 1 saturated carbocycles. The van der Waals surface area contributed by atoms with Gasteiger partial charge in [-0.25, -0.2) is 14.2 Å². The van der Waals surface area contributed by atoms with E-state index in [1.165, 1.54) is 11.8 Å². The topological polar surface area (TPSA) is 89.7 Å². The Morgan fingerprint density at radius 3 is 2.77 bits per heavy atom. The number of fused-ring (bicyclic) bond motifs is 5. The summed E-state index contributed by atoms with van der Waals surface area (Å²) in [4.78, 5) is 22.8. The van der Waals surface area contributed by atoms with E-state index >= 15 is 4.39 Å². The molecule has 40 heavy (non-hydrogen) atoms. The van der Waals surface area contributed by atoms with Gasteiger partial charge in [-0.3, -0.25) is 4.98 Å². The van der Waals surface area contributed by atoms with Crippen molar-refractivity contribution in [3.63, 3.8) is 0 Å². The molecule has 8 rings (SSSR count). The van der Waals surface area contributed by atoms with Gasteiger partial charge in [0.25, 0.3) is 0 Å². The van der Waals surface area contributed by atoms with Crippen LogP contribution >= 0.6 is 11.8 Å². The Hall–Kier alpha value is -3.89. The zero-order valence-corrected chi connectivity index (χ0v) is 23.0. The minimum Gasteiger partial charge on any atom is -0.468 e. The van der Waals surface area contributed by atoms with E-state index in [4.69, 9.17) is 14.5 Å². The first-order chi connectivity index (χ1) is 19.4. The molecule has 3 aromatic heterocycles. The van der Waals surface area contributed by atoms with Crippen LogP contribution in [0.2, 0.25) is 0 Å². The smallest absolute Gasteiger partial charge is 0.407 e. The van der Waals surface area contributed by atoms with Crippen molar-refractivity contribution in [2.24, 2.45) is 5.92 Å². The van der Waals surface area contributed by atoms with Gasteiger partial charge in [0.1, 0.15) is 22.0 Å². The molecule has 1 aliphatic carbocycles. The largest absolute Gasteiger partial charge is 0.468 e. The van der Waals surface area contributed by atoms with Crippen LogP contribution in [0.3, 0.4) is 0 Å². The van der Waals surface area contributed by atoms with E-state index in [-0.39, 0.29) is 36.0 Å². The van der Waals surface area contributed by atoms with Gasteiger partial charge >= 0.3 is 6.09 Å². The maximum absolute atomic E-state index is 16.6. The molecule has 2 saturated heterocycles. The monoisotopic (exact) mass is 558 g/mol. The summed E-state index contributed by atoms with van der Waals surface area (Å²) in [5.41, 5.74) is 2.91. The molecule has 8 nitrogen and oxygen atoms in total. The quantitative estimate of drug-likeness (QED) is 0.188. The fourth-order valence-corrected chi connectivity index (χ4v) is 7.18. The van der Waals surface area contributed by atoms with Crippen molar-refractivity contribution in [2.75, 3.05) is 26.7 Å². The predicted octanol–water partition coefficient (Wildman–Crippen LogP) is 6.48. The highest BCUT2D eigenvalue weighted by molar-refractivity contribution is 7.98. The molecule has 0 radical (unpaired) electrons. The molecule has 1 amide bonds. The Labute approximate surface area is 233 Å². The summed E-state index contributed by atoms with van der Waals surface area (Å²) in [5.74, 6) is 0.283. The van der Waals surface area contributed by atoms with Crippen LogP contribution in [0.4, 0.5) is 9.18 Å². The molecule has 3 fully saturated rings. The highest BCUT2D eigenvalue weighted by atomic mass is 32.2. The second-order valence-corrected chi connectivity index (χ2v) is 11.2. The van der Waals surface area contributed by atoms with Crippen molar-refractivity contribution in [1.82, 2.24) is 19.4 Å². The number of ether oxygens (including phenoxy) is 2. The lowest BCUT2D eigenvalue weighted by molar-refractivity contribution is 0.0512. The lowest BCUT2D eigenvalue weighted by Gasteiger charge is -2.38. The van der Waals surface area contributed by atoms with E-state index in [9.17, 15) is 9.90 Å². The van der Waals surface area contributed by atoms with Crippen molar-refractivity contribution < 1.29 is 23.8 Å². The number of aryl methyl sites for hydroxylation is 1. The van der Waals surface area contributed by atoms with Crippen molar-refractivity contribution in [3.8, 4) is 17.0 Å². The Bertz CT molecular complexity index is 1840. The zero-order valence-electron chi connectivity index (χ0n) is 22.2. The molecular formula is C30H27FN4O4S. The summed E-state index contributed by atoms with van der Waals surface area (Å²) >= 11 is 1.47. The fourth-order valence-electron chi connectivity index (χ4n) is 6.62. The zero-order chi connectivity index (χ0) is 27.7. The van der Waals surface area contributed by atoms with E-state index in [1.54, 1.807) is 24.3 Å². The number of carboxylic acid groups (broad SMARTS) is 1. The van der Waals surface area contributed by atoms with Crippen molar-refractivity contribution in [1.29, 1.82) is 0 Å². The van der Waals surface area contributed by atoms with Gasteiger partial charge in [-0.1, -0.05) is 24.3 Å². The number of carbonyl (C=O) groups is 1. The number of hydrogen-bond donors (Lipinski definition) is 1. The Kier molecular flexibility index (Phi) is 5.87. The first kappa shape index (κ1) is 25.1. The molecule has 2 aromatic carbocycles. The summed E-state index contributed by atoms with van der Waals surface area (Å²) in [5, 5.41) is 13.7. The average molecular weight is 559 g/mol. The van der Waals surface area contributed by atoms with Crippen molar-refractivity contribution in [3.05, 3.63) is 60.2 Å². The number of hydrogen-bond acceptors (Lipinski definition) is 6. The lowest BCUT2D eigenvalue weighted by atomic mass is 9.79. The molecule has 5 aromatic rings. The van der Waals surface area contributed by atoms with E-state index in [2.05, 4.69) is 15.6 Å². The molecule has 3 aliphatic rings. The molecule has 2 aliphatic heterocycles. The fraction of sp³-hybridized carbons (Fsp3) is 0.300.